The topological polar surface area (TPSA) is 49.4 Å². The molecule has 27 heavy (non-hydrogen) atoms. The van der Waals surface area contributed by atoms with Crippen LogP contribution in [0, 0.1) is 6.92 Å². The van der Waals surface area contributed by atoms with Crippen molar-refractivity contribution in [2.24, 2.45) is 0 Å². The van der Waals surface area contributed by atoms with Crippen LogP contribution in [0.25, 0.3) is 0 Å². The number of hydrogen-bond donors (Lipinski definition) is 1. The summed E-state index contributed by atoms with van der Waals surface area (Å²) in [4.78, 5) is 27.1. The van der Waals surface area contributed by atoms with Gasteiger partial charge < -0.3 is 10.2 Å². The number of carbonyl (C=O) groups excluding carboxylic acids is 2. The van der Waals surface area contributed by atoms with E-state index in [1.807, 2.05) is 61.2 Å². The molecule has 142 valence electrons. The van der Waals surface area contributed by atoms with Gasteiger partial charge in [0.25, 0.3) is 0 Å². The van der Waals surface area contributed by atoms with Crippen LogP contribution < -0.4 is 5.32 Å². The Hall–Kier alpha value is -2.27. The monoisotopic (exact) mass is 382 g/mol. The van der Waals surface area contributed by atoms with Crippen LogP contribution in [0.5, 0.6) is 0 Å². The van der Waals surface area contributed by atoms with E-state index in [0.717, 1.165) is 29.7 Å². The van der Waals surface area contributed by atoms with E-state index in [1.165, 1.54) is 11.8 Å². The first-order valence-corrected chi connectivity index (χ1v) is 10.4. The summed E-state index contributed by atoms with van der Waals surface area (Å²) in [5, 5.41) is 2.65. The Labute approximate surface area is 165 Å². The molecule has 0 bridgehead atoms. The minimum absolute atomic E-state index is 0.0791. The summed E-state index contributed by atoms with van der Waals surface area (Å²) in [5.41, 5.74) is 3.08. The summed E-state index contributed by atoms with van der Waals surface area (Å²) in [5.74, 6) is 0.309. The van der Waals surface area contributed by atoms with Crippen molar-refractivity contribution in [1.82, 2.24) is 4.90 Å². The van der Waals surface area contributed by atoms with Crippen molar-refractivity contribution in [3.63, 3.8) is 0 Å². The molecule has 0 aromatic heterocycles. The van der Waals surface area contributed by atoms with Gasteiger partial charge >= 0.3 is 0 Å². The van der Waals surface area contributed by atoms with E-state index < -0.39 is 0 Å². The van der Waals surface area contributed by atoms with Crippen LogP contribution in [0.2, 0.25) is 0 Å². The van der Waals surface area contributed by atoms with Crippen LogP contribution in [0.15, 0.2) is 54.6 Å². The summed E-state index contributed by atoms with van der Waals surface area (Å²) in [6.45, 7) is 4.55. The number of aryl methyl sites for hydroxylation is 1. The fourth-order valence-corrected chi connectivity index (χ4v) is 3.64. The number of amides is 2. The van der Waals surface area contributed by atoms with Crippen molar-refractivity contribution in [1.29, 1.82) is 0 Å². The number of thioether (sulfide) groups is 1. The van der Waals surface area contributed by atoms with Crippen LogP contribution in [-0.2, 0) is 16.1 Å². The van der Waals surface area contributed by atoms with Gasteiger partial charge in [-0.2, -0.15) is 0 Å². The molecule has 1 aliphatic rings. The van der Waals surface area contributed by atoms with E-state index in [1.54, 1.807) is 0 Å². The van der Waals surface area contributed by atoms with Gasteiger partial charge in [-0.25, -0.2) is 0 Å². The highest BCUT2D eigenvalue weighted by atomic mass is 32.2. The van der Waals surface area contributed by atoms with E-state index in [9.17, 15) is 9.59 Å². The normalized spacial score (nSPS) is 14.4. The van der Waals surface area contributed by atoms with Crippen LogP contribution in [0.3, 0.4) is 0 Å². The molecule has 1 N–H and O–H groups in total. The zero-order valence-electron chi connectivity index (χ0n) is 15.9. The molecule has 4 nitrogen and oxygen atoms in total. The number of anilines is 1. The average Bonchev–Trinajstić information content (AvgIpc) is 3.51. The molecule has 1 fully saturated rings. The third kappa shape index (κ3) is 5.86. The summed E-state index contributed by atoms with van der Waals surface area (Å²) in [6, 6.07) is 18.1. The summed E-state index contributed by atoms with van der Waals surface area (Å²) in [7, 11) is 0. The molecule has 1 saturated carbocycles. The molecule has 2 aromatic carbocycles. The van der Waals surface area contributed by atoms with E-state index in [4.69, 9.17) is 0 Å². The van der Waals surface area contributed by atoms with Crippen LogP contribution in [-0.4, -0.2) is 33.8 Å². The first kappa shape index (κ1) is 19.5. The second-order valence-corrected chi connectivity index (χ2v) is 8.38. The van der Waals surface area contributed by atoms with Crippen molar-refractivity contribution in [2.45, 2.75) is 44.5 Å². The molecule has 5 heteroatoms. The third-order valence-corrected chi connectivity index (χ3v) is 5.74. The number of nitrogens with one attached hydrogen (secondary N) is 1. The van der Waals surface area contributed by atoms with Crippen molar-refractivity contribution in [3.8, 4) is 0 Å². The molecule has 1 aliphatic carbocycles. The van der Waals surface area contributed by atoms with Gasteiger partial charge in [-0.15, -0.1) is 11.8 Å². The first-order chi connectivity index (χ1) is 13.0. The standard InChI is InChI=1S/C22H26N2O2S/c1-16-8-10-19(11-9-16)23-21(25)15-27-17(2)22(26)24(20-12-13-20)14-18-6-4-3-5-7-18/h3-11,17,20H,12-15H2,1-2H3,(H,23,25). The predicted octanol–water partition coefficient (Wildman–Crippen LogP) is 4.25. The van der Waals surface area contributed by atoms with Crippen molar-refractivity contribution < 1.29 is 9.59 Å². The molecule has 1 unspecified atom stereocenters. The van der Waals surface area contributed by atoms with Gasteiger partial charge in [0.1, 0.15) is 0 Å². The molecule has 0 aliphatic heterocycles. The van der Waals surface area contributed by atoms with E-state index in [2.05, 4.69) is 17.4 Å². The Balaban J connectivity index is 1.51. The average molecular weight is 383 g/mol. The van der Waals surface area contributed by atoms with E-state index >= 15 is 0 Å². The van der Waals surface area contributed by atoms with Gasteiger partial charge in [-0.1, -0.05) is 48.0 Å². The summed E-state index contributed by atoms with van der Waals surface area (Å²) in [6.07, 6.45) is 2.15. The van der Waals surface area contributed by atoms with Crippen LogP contribution in [0.4, 0.5) is 5.69 Å². The Morgan fingerprint density at radius 1 is 1.11 bits per heavy atom. The van der Waals surface area contributed by atoms with Crippen LogP contribution >= 0.6 is 11.8 Å². The van der Waals surface area contributed by atoms with Gasteiger partial charge in [0, 0.05) is 18.3 Å². The van der Waals surface area contributed by atoms with E-state index in [0.29, 0.717) is 12.6 Å². The number of benzene rings is 2. The maximum absolute atomic E-state index is 12.9. The Morgan fingerprint density at radius 3 is 2.41 bits per heavy atom. The molecule has 0 saturated heterocycles. The molecule has 1 atom stereocenters. The smallest absolute Gasteiger partial charge is 0.235 e. The number of rotatable bonds is 8. The predicted molar refractivity (Wildman–Crippen MR) is 112 cm³/mol. The van der Waals surface area contributed by atoms with Gasteiger partial charge in [0.2, 0.25) is 11.8 Å². The highest BCUT2D eigenvalue weighted by molar-refractivity contribution is 8.01. The lowest BCUT2D eigenvalue weighted by molar-refractivity contribution is -0.131. The second-order valence-electron chi connectivity index (χ2n) is 7.05. The van der Waals surface area contributed by atoms with Gasteiger partial charge in [-0.3, -0.25) is 9.59 Å². The van der Waals surface area contributed by atoms with Gasteiger partial charge in [0.05, 0.1) is 11.0 Å². The lowest BCUT2D eigenvalue weighted by Gasteiger charge is -2.25. The zero-order valence-corrected chi connectivity index (χ0v) is 16.7. The maximum atomic E-state index is 12.9. The summed E-state index contributed by atoms with van der Waals surface area (Å²) < 4.78 is 0. The highest BCUT2D eigenvalue weighted by Gasteiger charge is 2.34. The zero-order chi connectivity index (χ0) is 19.2. The third-order valence-electron chi connectivity index (χ3n) is 4.61. The maximum Gasteiger partial charge on any atom is 0.235 e. The SMILES string of the molecule is Cc1ccc(NC(=O)CSC(C)C(=O)N(Cc2ccccc2)C2CC2)cc1. The van der Waals surface area contributed by atoms with Crippen molar-refractivity contribution in [2.75, 3.05) is 11.1 Å². The number of carbonyl (C=O) groups is 2. The molecule has 2 aromatic rings. The van der Waals surface area contributed by atoms with Crippen molar-refractivity contribution in [3.05, 3.63) is 65.7 Å². The number of hydrogen-bond acceptors (Lipinski definition) is 3. The quantitative estimate of drug-likeness (QED) is 0.743. The Morgan fingerprint density at radius 2 is 1.78 bits per heavy atom. The Kier molecular flexibility index (Phi) is 6.56. The first-order valence-electron chi connectivity index (χ1n) is 9.35. The van der Waals surface area contributed by atoms with Gasteiger partial charge in [-0.05, 0) is 44.4 Å². The molecule has 0 radical (unpaired) electrons. The molecule has 3 rings (SSSR count). The lowest BCUT2D eigenvalue weighted by atomic mass is 10.2. The summed E-state index contributed by atoms with van der Waals surface area (Å²) >= 11 is 1.40. The lowest BCUT2D eigenvalue weighted by Crippen LogP contribution is -2.38. The second kappa shape index (κ2) is 9.09. The minimum atomic E-state index is -0.238. The van der Waals surface area contributed by atoms with Gasteiger partial charge in [0.15, 0.2) is 0 Å². The fraction of sp³-hybridized carbons (Fsp3) is 0.364. The largest absolute Gasteiger partial charge is 0.334 e. The van der Waals surface area contributed by atoms with Crippen LogP contribution in [0.1, 0.15) is 30.9 Å². The molecular formula is C22H26N2O2S. The van der Waals surface area contributed by atoms with Crippen molar-refractivity contribution >= 4 is 29.3 Å². The number of nitrogens with zero attached hydrogens (tertiary/aromatic N) is 1. The Bertz CT molecular complexity index is 773. The molecule has 0 spiro atoms. The van der Waals surface area contributed by atoms with E-state index in [-0.39, 0.29) is 22.8 Å². The molecular weight excluding hydrogens is 356 g/mol. The minimum Gasteiger partial charge on any atom is -0.334 e. The molecule has 2 amide bonds. The highest BCUT2D eigenvalue weighted by Crippen LogP contribution is 2.30. The fourth-order valence-electron chi connectivity index (χ4n) is 2.89. The molecule has 0 heterocycles.